The van der Waals surface area contributed by atoms with Crippen LogP contribution in [0, 0.1) is 11.7 Å². The van der Waals surface area contributed by atoms with Crippen molar-refractivity contribution in [3.63, 3.8) is 0 Å². The summed E-state index contributed by atoms with van der Waals surface area (Å²) in [7, 11) is 0. The monoisotopic (exact) mass is 277 g/mol. The zero-order chi connectivity index (χ0) is 14.7. The largest absolute Gasteiger partial charge is 0.396 e. The Hall–Kier alpha value is -1.98. The van der Waals surface area contributed by atoms with E-state index in [9.17, 15) is 4.39 Å². The molecule has 0 aliphatic carbocycles. The van der Waals surface area contributed by atoms with Crippen molar-refractivity contribution >= 4 is 5.69 Å². The lowest BCUT2D eigenvalue weighted by atomic mass is 10.0. The van der Waals surface area contributed by atoms with E-state index in [1.807, 2.05) is 0 Å². The van der Waals surface area contributed by atoms with Crippen LogP contribution in [0.2, 0.25) is 0 Å². The zero-order valence-electron chi connectivity index (χ0n) is 12.0. The number of nitrogens with zero attached hydrogens (tertiary/aromatic N) is 4. The molecule has 1 aromatic heterocycles. The fourth-order valence-electron chi connectivity index (χ4n) is 2.20. The first kappa shape index (κ1) is 14.4. The second-order valence-electron chi connectivity index (χ2n) is 5.28. The van der Waals surface area contributed by atoms with Crippen LogP contribution >= 0.6 is 0 Å². The SMILES string of the molecule is CCC(C)CC(C)n1nnnc1-c1ccc(N)c(F)c1. The molecule has 2 N–H and O–H groups in total. The average Bonchev–Trinajstić information content (AvgIpc) is 2.91. The molecule has 0 bridgehead atoms. The molecule has 0 spiro atoms. The maximum absolute atomic E-state index is 13.6. The molecule has 0 saturated heterocycles. The van der Waals surface area contributed by atoms with E-state index in [-0.39, 0.29) is 11.7 Å². The predicted molar refractivity (Wildman–Crippen MR) is 76.4 cm³/mol. The molecule has 6 heteroatoms. The minimum Gasteiger partial charge on any atom is -0.396 e. The van der Waals surface area contributed by atoms with Crippen molar-refractivity contribution in [3.8, 4) is 11.4 Å². The van der Waals surface area contributed by atoms with Crippen LogP contribution in [0.4, 0.5) is 10.1 Å². The number of anilines is 1. The number of hydrogen-bond donors (Lipinski definition) is 1. The van der Waals surface area contributed by atoms with Crippen molar-refractivity contribution in [2.45, 2.75) is 39.7 Å². The number of halogens is 1. The van der Waals surface area contributed by atoms with Gasteiger partial charge in [-0.3, -0.25) is 0 Å². The van der Waals surface area contributed by atoms with Gasteiger partial charge in [-0.25, -0.2) is 9.07 Å². The number of nitrogens with two attached hydrogens (primary N) is 1. The van der Waals surface area contributed by atoms with Gasteiger partial charge < -0.3 is 5.73 Å². The summed E-state index contributed by atoms with van der Waals surface area (Å²) in [4.78, 5) is 0. The maximum atomic E-state index is 13.6. The molecule has 0 radical (unpaired) electrons. The third-order valence-corrected chi connectivity index (χ3v) is 3.61. The van der Waals surface area contributed by atoms with E-state index in [1.165, 1.54) is 12.1 Å². The van der Waals surface area contributed by atoms with Gasteiger partial charge in [-0.05, 0) is 47.9 Å². The molecule has 1 heterocycles. The third-order valence-electron chi connectivity index (χ3n) is 3.61. The van der Waals surface area contributed by atoms with Gasteiger partial charge in [0.05, 0.1) is 11.7 Å². The van der Waals surface area contributed by atoms with Gasteiger partial charge >= 0.3 is 0 Å². The first-order valence-electron chi connectivity index (χ1n) is 6.86. The number of tetrazole rings is 1. The first-order chi connectivity index (χ1) is 9.52. The Balaban J connectivity index is 2.30. The number of rotatable bonds is 5. The first-order valence-corrected chi connectivity index (χ1v) is 6.86. The fourth-order valence-corrected chi connectivity index (χ4v) is 2.20. The van der Waals surface area contributed by atoms with E-state index in [1.54, 1.807) is 10.7 Å². The zero-order valence-corrected chi connectivity index (χ0v) is 12.0. The van der Waals surface area contributed by atoms with Gasteiger partial charge in [0.2, 0.25) is 0 Å². The van der Waals surface area contributed by atoms with Gasteiger partial charge in [-0.15, -0.1) is 5.10 Å². The molecule has 5 nitrogen and oxygen atoms in total. The van der Waals surface area contributed by atoms with Crippen LogP contribution in [0.25, 0.3) is 11.4 Å². The quantitative estimate of drug-likeness (QED) is 0.853. The van der Waals surface area contributed by atoms with Crippen molar-refractivity contribution in [2.75, 3.05) is 5.73 Å². The van der Waals surface area contributed by atoms with Gasteiger partial charge in [0.25, 0.3) is 0 Å². The van der Waals surface area contributed by atoms with Crippen LogP contribution < -0.4 is 5.73 Å². The summed E-state index contributed by atoms with van der Waals surface area (Å²) in [5, 5.41) is 11.8. The van der Waals surface area contributed by atoms with Crippen LogP contribution in [0.3, 0.4) is 0 Å². The van der Waals surface area contributed by atoms with Gasteiger partial charge in [0, 0.05) is 5.56 Å². The van der Waals surface area contributed by atoms with Crippen LogP contribution in [-0.2, 0) is 0 Å². The van der Waals surface area contributed by atoms with Crippen molar-refractivity contribution in [1.29, 1.82) is 0 Å². The molecule has 0 saturated carbocycles. The highest BCUT2D eigenvalue weighted by molar-refractivity contribution is 5.59. The maximum Gasteiger partial charge on any atom is 0.182 e. The van der Waals surface area contributed by atoms with Crippen molar-refractivity contribution < 1.29 is 4.39 Å². The van der Waals surface area contributed by atoms with Gasteiger partial charge in [-0.2, -0.15) is 0 Å². The fraction of sp³-hybridized carbons (Fsp3) is 0.500. The summed E-state index contributed by atoms with van der Waals surface area (Å²) in [5.41, 5.74) is 6.25. The Morgan fingerprint density at radius 1 is 1.35 bits per heavy atom. The molecular weight excluding hydrogens is 257 g/mol. The summed E-state index contributed by atoms with van der Waals surface area (Å²) in [6.45, 7) is 6.43. The highest BCUT2D eigenvalue weighted by Gasteiger charge is 2.17. The van der Waals surface area contributed by atoms with Crippen molar-refractivity contribution in [1.82, 2.24) is 20.2 Å². The minimum absolute atomic E-state index is 0.125. The van der Waals surface area contributed by atoms with E-state index >= 15 is 0 Å². The average molecular weight is 277 g/mol. The number of aromatic nitrogens is 4. The molecule has 2 aromatic rings. The number of nitrogen functional groups attached to an aromatic ring is 1. The van der Waals surface area contributed by atoms with E-state index in [0.29, 0.717) is 17.3 Å². The number of hydrogen-bond acceptors (Lipinski definition) is 4. The smallest absolute Gasteiger partial charge is 0.182 e. The topological polar surface area (TPSA) is 69.6 Å². The van der Waals surface area contributed by atoms with Crippen LogP contribution in [0.5, 0.6) is 0 Å². The Bertz CT molecular complexity index is 581. The van der Waals surface area contributed by atoms with Gasteiger partial charge in [-0.1, -0.05) is 20.3 Å². The second-order valence-corrected chi connectivity index (χ2v) is 5.28. The van der Waals surface area contributed by atoms with E-state index in [4.69, 9.17) is 5.73 Å². The van der Waals surface area contributed by atoms with Crippen molar-refractivity contribution in [3.05, 3.63) is 24.0 Å². The minimum atomic E-state index is -0.452. The van der Waals surface area contributed by atoms with Gasteiger partial charge in [0.1, 0.15) is 5.82 Å². The van der Waals surface area contributed by atoms with Gasteiger partial charge in [0.15, 0.2) is 5.82 Å². The van der Waals surface area contributed by atoms with Crippen LogP contribution in [0.1, 0.15) is 39.7 Å². The Labute approximate surface area is 118 Å². The Morgan fingerprint density at radius 2 is 2.10 bits per heavy atom. The summed E-state index contributed by atoms with van der Waals surface area (Å²) in [5.74, 6) is 0.705. The molecule has 20 heavy (non-hydrogen) atoms. The standard InChI is InChI=1S/C14H20FN5/c1-4-9(2)7-10(3)20-14(17-18-19-20)11-5-6-13(16)12(15)8-11/h5-6,8-10H,4,7,16H2,1-3H3. The molecule has 2 atom stereocenters. The molecule has 0 aliphatic heterocycles. The molecule has 2 unspecified atom stereocenters. The summed E-state index contributed by atoms with van der Waals surface area (Å²) < 4.78 is 15.3. The lowest BCUT2D eigenvalue weighted by Crippen LogP contribution is -2.12. The van der Waals surface area contributed by atoms with Crippen LogP contribution in [0.15, 0.2) is 18.2 Å². The molecule has 1 aromatic carbocycles. The van der Waals surface area contributed by atoms with Crippen LogP contribution in [-0.4, -0.2) is 20.2 Å². The molecule has 108 valence electrons. The lowest BCUT2D eigenvalue weighted by Gasteiger charge is -2.17. The lowest BCUT2D eigenvalue weighted by molar-refractivity contribution is 0.371. The van der Waals surface area contributed by atoms with E-state index < -0.39 is 5.82 Å². The van der Waals surface area contributed by atoms with E-state index in [2.05, 4.69) is 36.3 Å². The second kappa shape index (κ2) is 5.98. The normalized spacial score (nSPS) is 14.2. The van der Waals surface area contributed by atoms with E-state index in [0.717, 1.165) is 12.8 Å². The number of benzene rings is 1. The highest BCUT2D eigenvalue weighted by Crippen LogP contribution is 2.25. The summed E-state index contributed by atoms with van der Waals surface area (Å²) in [6.07, 6.45) is 2.09. The summed E-state index contributed by atoms with van der Waals surface area (Å²) >= 11 is 0. The Kier molecular flexibility index (Phi) is 4.32. The molecular formula is C14H20FN5. The molecule has 0 fully saturated rings. The third kappa shape index (κ3) is 2.95. The molecule has 0 aliphatic rings. The molecule has 0 amide bonds. The predicted octanol–water partition coefficient (Wildman–Crippen LogP) is 3.06. The summed E-state index contributed by atoms with van der Waals surface area (Å²) in [6, 6.07) is 4.79. The molecule has 2 rings (SSSR count). The Morgan fingerprint density at radius 3 is 2.75 bits per heavy atom. The highest BCUT2D eigenvalue weighted by atomic mass is 19.1. The van der Waals surface area contributed by atoms with Crippen molar-refractivity contribution in [2.24, 2.45) is 5.92 Å².